The van der Waals surface area contributed by atoms with Crippen molar-refractivity contribution in [1.82, 2.24) is 4.90 Å². The molecule has 0 saturated carbocycles. The van der Waals surface area contributed by atoms with Crippen LogP contribution in [0, 0.1) is 0 Å². The number of rotatable bonds is 0. The first kappa shape index (κ1) is 14.4. The molecule has 0 spiro atoms. The zero-order chi connectivity index (χ0) is 16.1. The van der Waals surface area contributed by atoms with Gasteiger partial charge >= 0.3 is 6.09 Å². The number of fused-ring (bicyclic) bond motifs is 3. The van der Waals surface area contributed by atoms with E-state index in [1.807, 2.05) is 18.2 Å². The summed E-state index contributed by atoms with van der Waals surface area (Å²) in [4.78, 5) is 25.7. The topological polar surface area (TPSA) is 76.1 Å². The number of likely N-dealkylation sites (tertiary alicyclic amines) is 1. The fourth-order valence-corrected chi connectivity index (χ4v) is 2.74. The Morgan fingerprint density at radius 1 is 1.36 bits per heavy atom. The molecule has 1 aromatic carbocycles. The largest absolute Gasteiger partial charge is 0.515 e. The highest BCUT2D eigenvalue weighted by Gasteiger charge is 2.55. The Morgan fingerprint density at radius 3 is 2.68 bits per heavy atom. The van der Waals surface area contributed by atoms with E-state index in [-0.39, 0.29) is 5.57 Å². The van der Waals surface area contributed by atoms with E-state index < -0.39 is 29.7 Å². The maximum Gasteiger partial charge on any atom is 0.420 e. The van der Waals surface area contributed by atoms with E-state index in [1.165, 1.54) is 0 Å². The van der Waals surface area contributed by atoms with E-state index in [2.05, 4.69) is 0 Å². The molecule has 0 aliphatic carbocycles. The molecule has 0 radical (unpaired) electrons. The molecule has 1 fully saturated rings. The van der Waals surface area contributed by atoms with Crippen LogP contribution in [0.2, 0.25) is 0 Å². The summed E-state index contributed by atoms with van der Waals surface area (Å²) in [6.07, 6.45) is -0.856. The van der Waals surface area contributed by atoms with Gasteiger partial charge in [-0.25, -0.2) is 9.69 Å². The van der Waals surface area contributed by atoms with Crippen LogP contribution in [-0.4, -0.2) is 33.8 Å². The summed E-state index contributed by atoms with van der Waals surface area (Å²) in [5.74, 6) is -0.500. The minimum Gasteiger partial charge on any atom is -0.515 e. The molecule has 2 aliphatic heterocycles. The summed E-state index contributed by atoms with van der Waals surface area (Å²) in [5.41, 5.74) is 0.164. The van der Waals surface area contributed by atoms with Crippen molar-refractivity contribution in [3.05, 3.63) is 41.7 Å². The van der Waals surface area contributed by atoms with E-state index in [9.17, 15) is 14.7 Å². The van der Waals surface area contributed by atoms with Crippen molar-refractivity contribution in [1.29, 1.82) is 0 Å². The predicted octanol–water partition coefficient (Wildman–Crippen LogP) is 2.71. The maximum atomic E-state index is 12.4. The Morgan fingerprint density at radius 2 is 2.05 bits per heavy atom. The van der Waals surface area contributed by atoms with Gasteiger partial charge in [0.25, 0.3) is 5.91 Å². The summed E-state index contributed by atoms with van der Waals surface area (Å²) in [6.45, 7) is 5.15. The zero-order valence-corrected chi connectivity index (χ0v) is 12.6. The lowest BCUT2D eigenvalue weighted by atomic mass is 9.94. The van der Waals surface area contributed by atoms with E-state index in [1.54, 1.807) is 26.8 Å². The quantitative estimate of drug-likeness (QED) is 0.589. The standard InChI is InChI=1S/C16H17NO5/c1-16(2,3)22-15(20)17-13(19)10(8-18)12-9-6-4-5-7-11(9)21-14(12)17/h4-8,12,14,18H,1-3H3. The number of hydrogen-bond donors (Lipinski definition) is 1. The van der Waals surface area contributed by atoms with Gasteiger partial charge in [0, 0.05) is 5.56 Å². The third-order valence-corrected chi connectivity index (χ3v) is 3.57. The van der Waals surface area contributed by atoms with Gasteiger partial charge in [0.1, 0.15) is 11.4 Å². The van der Waals surface area contributed by atoms with E-state index in [0.29, 0.717) is 5.75 Å². The lowest BCUT2D eigenvalue weighted by Gasteiger charge is -2.26. The van der Waals surface area contributed by atoms with Crippen molar-refractivity contribution < 1.29 is 24.2 Å². The van der Waals surface area contributed by atoms with Crippen LogP contribution in [0.25, 0.3) is 0 Å². The Bertz CT molecular complexity index is 673. The van der Waals surface area contributed by atoms with Gasteiger partial charge < -0.3 is 14.6 Å². The number of ether oxygens (including phenoxy) is 2. The molecule has 2 aliphatic rings. The van der Waals surface area contributed by atoms with Crippen LogP contribution < -0.4 is 4.74 Å². The monoisotopic (exact) mass is 303 g/mol. The highest BCUT2D eigenvalue weighted by Crippen LogP contribution is 2.48. The van der Waals surface area contributed by atoms with Gasteiger partial charge in [0.2, 0.25) is 0 Å². The first-order valence-corrected chi connectivity index (χ1v) is 7.00. The number of nitrogens with zero attached hydrogens (tertiary/aromatic N) is 1. The van der Waals surface area contributed by atoms with Gasteiger partial charge in [-0.3, -0.25) is 4.79 Å². The van der Waals surface area contributed by atoms with Gasteiger partial charge in [-0.1, -0.05) is 18.2 Å². The summed E-state index contributed by atoms with van der Waals surface area (Å²) in [7, 11) is 0. The average molecular weight is 303 g/mol. The van der Waals surface area contributed by atoms with Gasteiger partial charge in [-0.2, -0.15) is 0 Å². The molecule has 6 nitrogen and oxygen atoms in total. The SMILES string of the molecule is CC(C)(C)OC(=O)N1C(=O)C(=CO)C2c3ccccc3OC21. The van der Waals surface area contributed by atoms with Crippen molar-refractivity contribution in [2.24, 2.45) is 0 Å². The number of para-hydroxylation sites is 1. The van der Waals surface area contributed by atoms with Crippen molar-refractivity contribution in [2.75, 3.05) is 0 Å². The summed E-state index contributed by atoms with van der Waals surface area (Å²) in [5, 5.41) is 9.42. The van der Waals surface area contributed by atoms with Crippen LogP contribution in [0.1, 0.15) is 32.3 Å². The molecule has 1 N–H and O–H groups in total. The van der Waals surface area contributed by atoms with Gasteiger partial charge in [-0.05, 0) is 26.8 Å². The molecule has 22 heavy (non-hydrogen) atoms. The Balaban J connectivity index is 1.99. The molecule has 116 valence electrons. The number of carbonyl (C=O) groups is 2. The second-order valence-electron chi connectivity index (χ2n) is 6.26. The van der Waals surface area contributed by atoms with Crippen LogP contribution in [0.5, 0.6) is 5.75 Å². The highest BCUT2D eigenvalue weighted by atomic mass is 16.6. The number of amides is 2. The van der Waals surface area contributed by atoms with Crippen molar-refractivity contribution in [2.45, 2.75) is 38.5 Å². The van der Waals surface area contributed by atoms with Crippen LogP contribution in [0.4, 0.5) is 4.79 Å². The number of aliphatic hydroxyl groups excluding tert-OH is 1. The van der Waals surface area contributed by atoms with E-state index in [0.717, 1.165) is 16.7 Å². The Kier molecular flexibility index (Phi) is 3.12. The van der Waals surface area contributed by atoms with Crippen LogP contribution >= 0.6 is 0 Å². The molecule has 2 atom stereocenters. The summed E-state index contributed by atoms with van der Waals surface area (Å²) in [6, 6.07) is 7.21. The summed E-state index contributed by atoms with van der Waals surface area (Å²) < 4.78 is 11.0. The molecule has 1 saturated heterocycles. The molecule has 3 rings (SSSR count). The van der Waals surface area contributed by atoms with E-state index in [4.69, 9.17) is 9.47 Å². The Labute approximate surface area is 127 Å². The molecular formula is C16H17NO5. The fourth-order valence-electron chi connectivity index (χ4n) is 2.74. The van der Waals surface area contributed by atoms with Crippen LogP contribution in [0.3, 0.4) is 0 Å². The Hall–Kier alpha value is -2.50. The number of imide groups is 1. The lowest BCUT2D eigenvalue weighted by molar-refractivity contribution is -0.128. The fraction of sp³-hybridized carbons (Fsp3) is 0.375. The van der Waals surface area contributed by atoms with Crippen LogP contribution in [0.15, 0.2) is 36.1 Å². The van der Waals surface area contributed by atoms with E-state index >= 15 is 0 Å². The van der Waals surface area contributed by atoms with Crippen LogP contribution in [-0.2, 0) is 9.53 Å². The summed E-state index contributed by atoms with van der Waals surface area (Å²) >= 11 is 0. The molecule has 2 amide bonds. The lowest BCUT2D eigenvalue weighted by Crippen LogP contribution is -2.44. The minimum absolute atomic E-state index is 0.126. The molecule has 2 unspecified atom stereocenters. The first-order valence-electron chi connectivity index (χ1n) is 7.00. The molecule has 1 aromatic rings. The third kappa shape index (κ3) is 2.11. The van der Waals surface area contributed by atoms with Gasteiger partial charge in [0.05, 0.1) is 17.8 Å². The number of benzene rings is 1. The zero-order valence-electron chi connectivity index (χ0n) is 12.6. The predicted molar refractivity (Wildman–Crippen MR) is 77.4 cm³/mol. The average Bonchev–Trinajstić information content (AvgIpc) is 2.89. The first-order chi connectivity index (χ1) is 10.3. The number of hydrogen-bond acceptors (Lipinski definition) is 5. The highest BCUT2D eigenvalue weighted by molar-refractivity contribution is 6.06. The molecule has 6 heteroatoms. The number of aliphatic hydroxyl groups is 1. The molecular weight excluding hydrogens is 286 g/mol. The number of carbonyl (C=O) groups excluding carboxylic acids is 2. The van der Waals surface area contributed by atoms with Crippen molar-refractivity contribution in [3.8, 4) is 5.75 Å². The third-order valence-electron chi connectivity index (χ3n) is 3.57. The van der Waals surface area contributed by atoms with Crippen molar-refractivity contribution in [3.63, 3.8) is 0 Å². The minimum atomic E-state index is -0.821. The smallest absolute Gasteiger partial charge is 0.420 e. The molecule has 2 heterocycles. The van der Waals surface area contributed by atoms with Crippen molar-refractivity contribution >= 4 is 12.0 Å². The maximum absolute atomic E-state index is 12.4. The second kappa shape index (κ2) is 4.76. The molecule has 0 bridgehead atoms. The molecule has 0 aromatic heterocycles. The van der Waals surface area contributed by atoms with Gasteiger partial charge in [0.15, 0.2) is 6.23 Å². The normalized spacial score (nSPS) is 25.0. The second-order valence-corrected chi connectivity index (χ2v) is 6.26. The van der Waals surface area contributed by atoms with Gasteiger partial charge in [-0.15, -0.1) is 0 Å².